The van der Waals surface area contributed by atoms with Gasteiger partial charge in [0.15, 0.2) is 6.29 Å². The minimum absolute atomic E-state index is 0.0374. The first-order valence-corrected chi connectivity index (χ1v) is 14.0. The largest absolute Gasteiger partial charge is 0.489 e. The highest BCUT2D eigenvalue weighted by Gasteiger charge is 2.23. The number of aliphatic hydroxyl groups excluding tert-OH is 1. The van der Waals surface area contributed by atoms with Gasteiger partial charge in [0.1, 0.15) is 18.2 Å². The summed E-state index contributed by atoms with van der Waals surface area (Å²) < 4.78 is 32.6. The third-order valence-corrected chi connectivity index (χ3v) is 7.32. The molecule has 0 fully saturated rings. The Morgan fingerprint density at radius 3 is 2.60 bits per heavy atom. The molecule has 0 bridgehead atoms. The smallest absolute Gasteiger partial charge is 0.212 e. The zero-order chi connectivity index (χ0) is 25.1. The van der Waals surface area contributed by atoms with Gasteiger partial charge >= 0.3 is 0 Å². The molecule has 0 saturated heterocycles. The molecule has 0 aliphatic carbocycles. The van der Waals surface area contributed by atoms with Crippen molar-refractivity contribution in [3.8, 4) is 5.75 Å². The first kappa shape index (κ1) is 27.1. The number of ether oxygens (including phenoxy) is 1. The van der Waals surface area contributed by atoms with Crippen LogP contribution in [-0.4, -0.2) is 49.1 Å². The predicted molar refractivity (Wildman–Crippen MR) is 139 cm³/mol. The van der Waals surface area contributed by atoms with Crippen LogP contribution in [0.1, 0.15) is 56.6 Å². The Morgan fingerprint density at radius 2 is 1.86 bits per heavy atom. The van der Waals surface area contributed by atoms with E-state index in [1.807, 2.05) is 25.1 Å². The molecule has 1 aliphatic rings. The molecule has 0 aromatic heterocycles. The molecule has 1 aliphatic heterocycles. The van der Waals surface area contributed by atoms with Gasteiger partial charge in [0.05, 0.1) is 11.8 Å². The predicted octanol–water partition coefficient (Wildman–Crippen LogP) is 3.59. The summed E-state index contributed by atoms with van der Waals surface area (Å²) in [5.74, 6) is 1.67. The maximum absolute atomic E-state index is 12.2. The van der Waals surface area contributed by atoms with Gasteiger partial charge in [-0.2, -0.15) is 0 Å². The number of hydrogen-bond acceptors (Lipinski definition) is 7. The third-order valence-electron chi connectivity index (χ3n) is 5.83. The SMILES string of the molecule is CCCCS(=O)(=O)NC(Cc1ccc(OCc2cccc(NC3=NCCCCC3)c2)cc1)C(O)O. The van der Waals surface area contributed by atoms with E-state index in [1.165, 1.54) is 6.42 Å². The van der Waals surface area contributed by atoms with Crippen molar-refractivity contribution >= 4 is 21.5 Å². The lowest BCUT2D eigenvalue weighted by atomic mass is 10.1. The zero-order valence-corrected chi connectivity index (χ0v) is 21.1. The summed E-state index contributed by atoms with van der Waals surface area (Å²) >= 11 is 0. The monoisotopic (exact) mass is 503 g/mol. The zero-order valence-electron chi connectivity index (χ0n) is 20.3. The number of rotatable bonds is 12. The summed E-state index contributed by atoms with van der Waals surface area (Å²) in [5.41, 5.74) is 2.79. The number of anilines is 1. The lowest BCUT2D eigenvalue weighted by Crippen LogP contribution is -2.45. The number of hydrogen-bond donors (Lipinski definition) is 4. The molecule has 1 heterocycles. The number of aliphatic imine (C=N–C) groups is 1. The molecule has 1 atom stereocenters. The van der Waals surface area contributed by atoms with Crippen molar-refractivity contribution < 1.29 is 23.4 Å². The summed E-state index contributed by atoms with van der Waals surface area (Å²) in [7, 11) is -3.58. The summed E-state index contributed by atoms with van der Waals surface area (Å²) in [6.45, 7) is 3.18. The standard InChI is InChI=1S/C26H37N3O5S/c1-2-3-16-35(32,33)29-24(26(30)31)18-20-11-13-23(14-12-20)34-19-21-8-7-9-22(17-21)28-25-10-5-4-6-15-27-25/h7-9,11-14,17,24,26,29-31H,2-6,10,15-16,18-19H2,1H3,(H,27,28). The van der Waals surface area contributed by atoms with Crippen molar-refractivity contribution in [3.63, 3.8) is 0 Å². The van der Waals surface area contributed by atoms with Gasteiger partial charge in [-0.15, -0.1) is 0 Å². The van der Waals surface area contributed by atoms with Crippen molar-refractivity contribution in [1.82, 2.24) is 4.72 Å². The molecule has 2 aromatic carbocycles. The van der Waals surface area contributed by atoms with E-state index in [9.17, 15) is 18.6 Å². The first-order chi connectivity index (χ1) is 16.8. The Balaban J connectivity index is 1.54. The van der Waals surface area contributed by atoms with Crippen molar-refractivity contribution in [2.45, 2.75) is 70.8 Å². The molecule has 3 rings (SSSR count). The highest BCUT2D eigenvalue weighted by atomic mass is 32.2. The topological polar surface area (TPSA) is 120 Å². The summed E-state index contributed by atoms with van der Waals surface area (Å²) in [6, 6.07) is 14.2. The number of unbranched alkanes of at least 4 members (excludes halogenated alkanes) is 1. The van der Waals surface area contributed by atoms with Crippen LogP contribution in [0.25, 0.3) is 0 Å². The van der Waals surface area contributed by atoms with E-state index in [2.05, 4.69) is 21.1 Å². The second-order valence-corrected chi connectivity index (χ2v) is 10.8. The molecule has 8 nitrogen and oxygen atoms in total. The van der Waals surface area contributed by atoms with E-state index in [0.29, 0.717) is 18.8 Å². The van der Waals surface area contributed by atoms with Crippen molar-refractivity contribution in [2.24, 2.45) is 4.99 Å². The normalized spacial score (nSPS) is 15.4. The van der Waals surface area contributed by atoms with Crippen LogP contribution in [0.5, 0.6) is 5.75 Å². The molecule has 192 valence electrons. The summed E-state index contributed by atoms with van der Waals surface area (Å²) in [4.78, 5) is 4.62. The minimum atomic E-state index is -3.58. The van der Waals surface area contributed by atoms with Gasteiger partial charge in [-0.3, -0.25) is 4.99 Å². The number of amidine groups is 1. The molecule has 35 heavy (non-hydrogen) atoms. The van der Waals surface area contributed by atoms with Gasteiger partial charge in [-0.05, 0) is 61.1 Å². The number of aliphatic hydroxyl groups is 2. The number of sulfonamides is 1. The molecule has 4 N–H and O–H groups in total. The van der Waals surface area contributed by atoms with Crippen LogP contribution in [-0.2, 0) is 23.1 Å². The fourth-order valence-corrected chi connectivity index (χ4v) is 5.31. The minimum Gasteiger partial charge on any atom is -0.489 e. The molecule has 1 unspecified atom stereocenters. The fourth-order valence-electron chi connectivity index (χ4n) is 3.86. The van der Waals surface area contributed by atoms with E-state index in [-0.39, 0.29) is 12.2 Å². The Morgan fingerprint density at radius 1 is 1.06 bits per heavy atom. The molecule has 0 radical (unpaired) electrons. The Bertz CT molecular complexity index is 1050. The highest BCUT2D eigenvalue weighted by molar-refractivity contribution is 7.89. The van der Waals surface area contributed by atoms with Crippen LogP contribution < -0.4 is 14.8 Å². The maximum Gasteiger partial charge on any atom is 0.212 e. The Labute approximate surface area is 208 Å². The van der Waals surface area contributed by atoms with E-state index < -0.39 is 22.4 Å². The molecule has 0 saturated carbocycles. The maximum atomic E-state index is 12.2. The first-order valence-electron chi connectivity index (χ1n) is 12.3. The van der Waals surface area contributed by atoms with Crippen LogP contribution in [0, 0.1) is 0 Å². The van der Waals surface area contributed by atoms with Crippen LogP contribution >= 0.6 is 0 Å². The van der Waals surface area contributed by atoms with Gasteiger partial charge in [0, 0.05) is 18.7 Å². The lowest BCUT2D eigenvalue weighted by Gasteiger charge is -2.20. The molecular formula is C26H37N3O5S. The number of nitrogens with one attached hydrogen (secondary N) is 2. The van der Waals surface area contributed by atoms with Crippen molar-refractivity contribution in [2.75, 3.05) is 17.6 Å². The van der Waals surface area contributed by atoms with Gasteiger partial charge in [-0.1, -0.05) is 44.0 Å². The van der Waals surface area contributed by atoms with E-state index >= 15 is 0 Å². The Kier molecular flexibility index (Phi) is 10.5. The Hall–Kier alpha value is -2.46. The summed E-state index contributed by atoms with van der Waals surface area (Å²) in [6.07, 6.45) is 4.11. The molecule has 9 heteroatoms. The second-order valence-electron chi connectivity index (χ2n) is 8.91. The van der Waals surface area contributed by atoms with Gasteiger partial charge in [0.2, 0.25) is 10.0 Å². The second kappa shape index (κ2) is 13.6. The fraction of sp³-hybridized carbons (Fsp3) is 0.500. The van der Waals surface area contributed by atoms with Crippen LogP contribution in [0.4, 0.5) is 5.69 Å². The van der Waals surface area contributed by atoms with E-state index in [1.54, 1.807) is 24.3 Å². The number of benzene rings is 2. The van der Waals surface area contributed by atoms with E-state index in [4.69, 9.17) is 4.74 Å². The highest BCUT2D eigenvalue weighted by Crippen LogP contribution is 2.19. The van der Waals surface area contributed by atoms with Crippen molar-refractivity contribution in [1.29, 1.82) is 0 Å². The van der Waals surface area contributed by atoms with Crippen molar-refractivity contribution in [3.05, 3.63) is 59.7 Å². The molecule has 0 spiro atoms. The van der Waals surface area contributed by atoms with E-state index in [0.717, 1.165) is 54.9 Å². The molecule has 0 amide bonds. The average Bonchev–Trinajstić information content (AvgIpc) is 3.11. The van der Waals surface area contributed by atoms with Crippen LogP contribution in [0.2, 0.25) is 0 Å². The van der Waals surface area contributed by atoms with Crippen LogP contribution in [0.3, 0.4) is 0 Å². The quantitative estimate of drug-likeness (QED) is 0.329. The molecular weight excluding hydrogens is 466 g/mol. The van der Waals surface area contributed by atoms with Gasteiger partial charge in [0.25, 0.3) is 0 Å². The average molecular weight is 504 g/mol. The third kappa shape index (κ3) is 9.60. The molecule has 2 aromatic rings. The number of nitrogens with zero attached hydrogens (tertiary/aromatic N) is 1. The van der Waals surface area contributed by atoms with Crippen LogP contribution in [0.15, 0.2) is 53.5 Å². The van der Waals surface area contributed by atoms with Gasteiger partial charge < -0.3 is 20.3 Å². The van der Waals surface area contributed by atoms with Gasteiger partial charge in [-0.25, -0.2) is 13.1 Å². The lowest BCUT2D eigenvalue weighted by molar-refractivity contribution is -0.0616. The summed E-state index contributed by atoms with van der Waals surface area (Å²) in [5, 5.41) is 22.7.